The number of nitrogens with zero attached hydrogens (tertiary/aromatic N) is 4. The Kier molecular flexibility index (Phi) is 8.81. The average molecular weight is 663 g/mol. The van der Waals surface area contributed by atoms with Crippen molar-refractivity contribution in [1.82, 2.24) is 29.9 Å². The first-order chi connectivity index (χ1) is 23.8. The van der Waals surface area contributed by atoms with Crippen LogP contribution in [0.15, 0.2) is 79.3 Å². The molecule has 0 spiro atoms. The van der Waals surface area contributed by atoms with Gasteiger partial charge in [0.25, 0.3) is 0 Å². The van der Waals surface area contributed by atoms with Gasteiger partial charge in [0.05, 0.1) is 17.9 Å². The van der Waals surface area contributed by atoms with Gasteiger partial charge in [-0.25, -0.2) is 18.6 Å². The fourth-order valence-electron chi connectivity index (χ4n) is 6.54. The molecule has 6 aromatic rings. The van der Waals surface area contributed by atoms with Crippen LogP contribution in [0, 0.1) is 11.6 Å². The molecule has 3 aromatic carbocycles. The van der Waals surface area contributed by atoms with Gasteiger partial charge in [-0.1, -0.05) is 35.9 Å². The van der Waals surface area contributed by atoms with Crippen LogP contribution in [0.4, 0.5) is 8.78 Å². The summed E-state index contributed by atoms with van der Waals surface area (Å²) in [6.07, 6.45) is 12.2. The highest BCUT2D eigenvalue weighted by Crippen LogP contribution is 2.40. The third kappa shape index (κ3) is 6.61. The molecule has 6 bridgehead atoms. The van der Waals surface area contributed by atoms with Crippen LogP contribution in [0.5, 0.6) is 11.5 Å². The summed E-state index contributed by atoms with van der Waals surface area (Å²) in [5.74, 6) is -0.746. The lowest BCUT2D eigenvalue weighted by molar-refractivity contribution is -0.137. The Morgan fingerprint density at radius 1 is 1.10 bits per heavy atom. The molecule has 1 aliphatic rings. The lowest BCUT2D eigenvalue weighted by atomic mass is 9.75. The van der Waals surface area contributed by atoms with Crippen molar-refractivity contribution in [2.24, 2.45) is 0 Å². The van der Waals surface area contributed by atoms with Gasteiger partial charge in [-0.05, 0) is 81.0 Å². The van der Waals surface area contributed by atoms with Crippen LogP contribution in [0.2, 0.25) is 0 Å². The topological polar surface area (TPSA) is 111 Å². The highest BCUT2D eigenvalue weighted by molar-refractivity contribution is 5.87. The highest BCUT2D eigenvalue weighted by atomic mass is 19.1. The van der Waals surface area contributed by atoms with Crippen LogP contribution in [0.1, 0.15) is 61.2 Å². The maximum Gasteiger partial charge on any atom is 0.330 e. The lowest BCUT2D eigenvalue weighted by Crippen LogP contribution is -2.24. The minimum atomic E-state index is -0.547. The zero-order valence-electron chi connectivity index (χ0n) is 27.3. The number of hydrogen-bond acceptors (Lipinski definition) is 6. The molecule has 0 saturated heterocycles. The second kappa shape index (κ2) is 13.5. The Hall–Kier alpha value is -5.58. The quantitative estimate of drug-likeness (QED) is 0.146. The average Bonchev–Trinajstić information content (AvgIpc) is 3.88. The van der Waals surface area contributed by atoms with E-state index >= 15 is 8.78 Å². The van der Waals surface area contributed by atoms with E-state index in [0.717, 1.165) is 53.6 Å². The van der Waals surface area contributed by atoms with Gasteiger partial charge in [0.1, 0.15) is 17.4 Å². The number of carbonyl (C=O) groups excluding carboxylic acids is 1. The number of carbonyl (C=O) groups is 1. The molecule has 0 saturated carbocycles. The first-order valence-corrected chi connectivity index (χ1v) is 16.5. The standard InChI is InChI=1S/C38H36F2N6O3/c1-3-48-35(47)13-10-24-7-6-8-25(19-24)38(2)16-5-4-9-26-23-46(45-44-26)18-15-29-28-14-17-41-33(28)21-32(40)36(29)49-27-11-12-31(39)30(20-27)37-42-22-34(38)43-37/h6-8,10-14,17,19-23,41H,3-5,9,15-16,18H2,1-2H3,(H,42,43)/b13-10+. The number of ether oxygens (including phenoxy) is 2. The summed E-state index contributed by atoms with van der Waals surface area (Å²) in [6, 6.07) is 15.6. The molecule has 0 fully saturated rings. The van der Waals surface area contributed by atoms with E-state index in [0.29, 0.717) is 36.5 Å². The number of hydrogen-bond donors (Lipinski definition) is 2. The van der Waals surface area contributed by atoms with Gasteiger partial charge in [-0.2, -0.15) is 0 Å². The third-order valence-electron chi connectivity index (χ3n) is 9.21. The minimum Gasteiger partial charge on any atom is -0.463 e. The van der Waals surface area contributed by atoms with E-state index in [1.807, 2.05) is 36.5 Å². The predicted molar refractivity (Wildman–Crippen MR) is 182 cm³/mol. The lowest BCUT2D eigenvalue weighted by Gasteiger charge is -2.30. The molecule has 0 radical (unpaired) electrons. The molecule has 1 atom stereocenters. The van der Waals surface area contributed by atoms with E-state index in [-0.39, 0.29) is 17.1 Å². The zero-order chi connectivity index (χ0) is 34.0. The normalized spacial score (nSPS) is 16.8. The number of fused-ring (bicyclic) bond motifs is 10. The van der Waals surface area contributed by atoms with Gasteiger partial charge in [0.15, 0.2) is 11.6 Å². The first-order valence-electron chi connectivity index (χ1n) is 16.5. The molecule has 0 amide bonds. The summed E-state index contributed by atoms with van der Waals surface area (Å²) in [7, 11) is 0. The molecule has 49 heavy (non-hydrogen) atoms. The smallest absolute Gasteiger partial charge is 0.330 e. The Balaban J connectivity index is 1.30. The summed E-state index contributed by atoms with van der Waals surface area (Å²) >= 11 is 0. The summed E-state index contributed by atoms with van der Waals surface area (Å²) in [4.78, 5) is 23.1. The van der Waals surface area contributed by atoms with E-state index in [2.05, 4.69) is 32.2 Å². The Labute approximate surface area is 282 Å². The van der Waals surface area contributed by atoms with Crippen molar-refractivity contribution in [2.75, 3.05) is 6.61 Å². The van der Waals surface area contributed by atoms with Crippen LogP contribution in [-0.4, -0.2) is 42.5 Å². The molecule has 11 heteroatoms. The van der Waals surface area contributed by atoms with Gasteiger partial charge in [-0.3, -0.25) is 4.68 Å². The predicted octanol–water partition coefficient (Wildman–Crippen LogP) is 8.07. The maximum atomic E-state index is 15.6. The van der Waals surface area contributed by atoms with Crippen LogP contribution in [-0.2, 0) is 34.3 Å². The van der Waals surface area contributed by atoms with Gasteiger partial charge < -0.3 is 19.4 Å². The Morgan fingerprint density at radius 2 is 2.00 bits per heavy atom. The van der Waals surface area contributed by atoms with Gasteiger partial charge >= 0.3 is 5.97 Å². The number of benzene rings is 3. The molecular formula is C38H36F2N6O3. The fourth-order valence-corrected chi connectivity index (χ4v) is 6.54. The number of esters is 1. The van der Waals surface area contributed by atoms with Crippen molar-refractivity contribution in [3.8, 4) is 22.9 Å². The largest absolute Gasteiger partial charge is 0.463 e. The van der Waals surface area contributed by atoms with Crippen LogP contribution < -0.4 is 4.74 Å². The van der Waals surface area contributed by atoms with Crippen LogP contribution >= 0.6 is 0 Å². The Morgan fingerprint density at radius 3 is 2.88 bits per heavy atom. The number of aryl methyl sites for hydroxylation is 3. The number of aromatic nitrogens is 6. The second-order valence-electron chi connectivity index (χ2n) is 12.5. The van der Waals surface area contributed by atoms with Crippen molar-refractivity contribution in [2.45, 2.75) is 57.9 Å². The third-order valence-corrected chi connectivity index (χ3v) is 9.21. The van der Waals surface area contributed by atoms with Crippen LogP contribution in [0.25, 0.3) is 28.4 Å². The van der Waals surface area contributed by atoms with Crippen molar-refractivity contribution < 1.29 is 23.0 Å². The molecule has 4 heterocycles. The van der Waals surface area contributed by atoms with Crippen LogP contribution in [0.3, 0.4) is 0 Å². The second-order valence-corrected chi connectivity index (χ2v) is 12.5. The number of imidazole rings is 1. The van der Waals surface area contributed by atoms with E-state index in [9.17, 15) is 4.79 Å². The van der Waals surface area contributed by atoms with E-state index in [1.54, 1.807) is 36.1 Å². The monoisotopic (exact) mass is 662 g/mol. The number of aromatic amines is 2. The van der Waals surface area contributed by atoms with Gasteiger partial charge in [0, 0.05) is 64.9 Å². The molecule has 2 N–H and O–H groups in total. The van der Waals surface area contributed by atoms with E-state index in [4.69, 9.17) is 9.47 Å². The van der Waals surface area contributed by atoms with Crippen molar-refractivity contribution in [3.05, 3.63) is 119 Å². The van der Waals surface area contributed by atoms with Crippen molar-refractivity contribution in [3.63, 3.8) is 0 Å². The molecule has 1 unspecified atom stereocenters. The molecule has 250 valence electrons. The highest BCUT2D eigenvalue weighted by Gasteiger charge is 2.31. The summed E-state index contributed by atoms with van der Waals surface area (Å²) < 4.78 is 44.1. The number of rotatable bonds is 4. The zero-order valence-corrected chi connectivity index (χ0v) is 27.3. The minimum absolute atomic E-state index is 0.0764. The Bertz CT molecular complexity index is 2170. The SMILES string of the molecule is CCOC(=O)/C=C/c1cccc(C2(C)CCCCc3cn(nn3)CCc3c(c(F)cc4[nH]ccc34)Oc3ccc(F)c(c3)-c3ncc2[nH]3)c1. The van der Waals surface area contributed by atoms with E-state index in [1.165, 1.54) is 24.3 Å². The maximum absolute atomic E-state index is 15.6. The van der Waals surface area contributed by atoms with Gasteiger partial charge in [0.2, 0.25) is 0 Å². The summed E-state index contributed by atoms with van der Waals surface area (Å²) in [5, 5.41) is 9.59. The van der Waals surface area contributed by atoms with Crippen molar-refractivity contribution >= 4 is 22.9 Å². The molecule has 1 aliphatic heterocycles. The fraction of sp³-hybridized carbons (Fsp3) is 0.263. The number of halogens is 2. The van der Waals surface area contributed by atoms with Crippen molar-refractivity contribution in [1.29, 1.82) is 0 Å². The molecule has 0 aliphatic carbocycles. The number of H-pyrrole nitrogens is 2. The first kappa shape index (κ1) is 32.0. The van der Waals surface area contributed by atoms with E-state index < -0.39 is 23.0 Å². The molecule has 7 rings (SSSR count). The summed E-state index contributed by atoms with van der Waals surface area (Å²) in [5.41, 5.74) is 4.52. The molecule has 3 aromatic heterocycles. The molecular weight excluding hydrogens is 626 g/mol. The molecule has 9 nitrogen and oxygen atoms in total. The number of nitrogens with one attached hydrogen (secondary N) is 2. The summed E-state index contributed by atoms with van der Waals surface area (Å²) in [6.45, 7) is 4.67. The van der Waals surface area contributed by atoms with Gasteiger partial charge in [-0.15, -0.1) is 5.10 Å².